The van der Waals surface area contributed by atoms with E-state index in [1.807, 2.05) is 30.3 Å². The Morgan fingerprint density at radius 2 is 1.97 bits per heavy atom. The zero-order valence-corrected chi connectivity index (χ0v) is 22.2. The lowest BCUT2D eigenvalue weighted by Gasteiger charge is -2.38. The topological polar surface area (TPSA) is 105 Å². The molecule has 196 valence electrons. The zero-order chi connectivity index (χ0) is 25.4. The van der Waals surface area contributed by atoms with E-state index in [-0.39, 0.29) is 35.9 Å². The Morgan fingerprint density at radius 3 is 2.64 bits per heavy atom. The van der Waals surface area contributed by atoms with Crippen LogP contribution in [0.25, 0.3) is 0 Å². The van der Waals surface area contributed by atoms with Crippen LogP contribution in [0.4, 0.5) is 0 Å². The minimum atomic E-state index is -1.14. The molecule has 9 heteroatoms. The molecule has 4 aliphatic rings. The van der Waals surface area contributed by atoms with Gasteiger partial charge in [0.1, 0.15) is 11.6 Å². The maximum absolute atomic E-state index is 14.1. The number of halogens is 1. The molecule has 0 radical (unpaired) electrons. The van der Waals surface area contributed by atoms with E-state index in [2.05, 4.69) is 21.2 Å². The number of aliphatic hydroxyl groups excluding tert-OH is 1. The Hall–Kier alpha value is -1.97. The molecule has 5 rings (SSSR count). The molecule has 4 fully saturated rings. The second kappa shape index (κ2) is 10.4. The van der Waals surface area contributed by atoms with Gasteiger partial charge in [-0.15, -0.1) is 0 Å². The number of aliphatic hydroxyl groups is 1. The van der Waals surface area contributed by atoms with Crippen LogP contribution >= 0.6 is 15.9 Å². The number of hydrogen-bond donors (Lipinski definition) is 2. The van der Waals surface area contributed by atoms with Crippen LogP contribution < -0.4 is 5.32 Å². The average Bonchev–Trinajstić information content (AvgIpc) is 3.47. The summed E-state index contributed by atoms with van der Waals surface area (Å²) in [6, 6.07) is 8.12. The lowest BCUT2D eigenvalue weighted by Crippen LogP contribution is -2.59. The number of nitrogens with zero attached hydrogens (tertiary/aromatic N) is 1. The molecule has 3 heterocycles. The van der Waals surface area contributed by atoms with Gasteiger partial charge in [0.2, 0.25) is 11.8 Å². The SMILES string of the molecule is CCOC(=O)[C@H]1[C@H]2C(=O)N([C@@H](CO)Cc3ccccc3)C(C(=O)NC3CCCCC3)C23CC(Br)[C@@H]1O3. The molecule has 1 aromatic carbocycles. The second-order valence-corrected chi connectivity index (χ2v) is 11.7. The van der Waals surface area contributed by atoms with Crippen molar-refractivity contribution in [3.63, 3.8) is 0 Å². The largest absolute Gasteiger partial charge is 0.466 e. The Morgan fingerprint density at radius 1 is 1.25 bits per heavy atom. The first kappa shape index (κ1) is 25.7. The minimum Gasteiger partial charge on any atom is -0.466 e. The second-order valence-electron chi connectivity index (χ2n) is 10.5. The fraction of sp³-hybridized carbons (Fsp3) is 0.667. The molecule has 36 heavy (non-hydrogen) atoms. The van der Waals surface area contributed by atoms with Crippen LogP contribution in [0.2, 0.25) is 0 Å². The van der Waals surface area contributed by atoms with Crippen molar-refractivity contribution in [1.29, 1.82) is 0 Å². The number of likely N-dealkylation sites (tertiary alicyclic amines) is 1. The third kappa shape index (κ3) is 4.27. The first-order valence-corrected chi connectivity index (χ1v) is 14.1. The highest BCUT2D eigenvalue weighted by Gasteiger charge is 2.77. The number of rotatable bonds is 8. The van der Waals surface area contributed by atoms with E-state index in [4.69, 9.17) is 9.47 Å². The molecule has 2 N–H and O–H groups in total. The maximum atomic E-state index is 14.1. The van der Waals surface area contributed by atoms with Crippen LogP contribution in [-0.4, -0.2) is 75.7 Å². The molecule has 3 saturated heterocycles. The Balaban J connectivity index is 1.52. The summed E-state index contributed by atoms with van der Waals surface area (Å²) < 4.78 is 11.8. The van der Waals surface area contributed by atoms with Crippen molar-refractivity contribution in [3.8, 4) is 0 Å². The highest BCUT2D eigenvalue weighted by molar-refractivity contribution is 9.09. The molecule has 3 aliphatic heterocycles. The molecule has 0 aromatic heterocycles. The van der Waals surface area contributed by atoms with Crippen molar-refractivity contribution < 1.29 is 29.0 Å². The summed E-state index contributed by atoms with van der Waals surface area (Å²) in [6.07, 6.45) is 5.40. The van der Waals surface area contributed by atoms with Crippen molar-refractivity contribution >= 4 is 33.7 Å². The molecule has 1 aliphatic carbocycles. The van der Waals surface area contributed by atoms with Gasteiger partial charge < -0.3 is 24.8 Å². The van der Waals surface area contributed by atoms with E-state index in [1.165, 1.54) is 4.90 Å². The highest BCUT2D eigenvalue weighted by Crippen LogP contribution is 2.60. The van der Waals surface area contributed by atoms with E-state index in [1.54, 1.807) is 6.92 Å². The summed E-state index contributed by atoms with van der Waals surface area (Å²) in [5.41, 5.74) is -0.188. The highest BCUT2D eigenvalue weighted by atomic mass is 79.9. The van der Waals surface area contributed by atoms with Gasteiger partial charge in [-0.2, -0.15) is 0 Å². The monoisotopic (exact) mass is 562 g/mol. The normalized spacial score (nSPS) is 34.5. The lowest BCUT2D eigenvalue weighted by atomic mass is 9.70. The summed E-state index contributed by atoms with van der Waals surface area (Å²) in [5, 5.41) is 13.7. The first-order chi connectivity index (χ1) is 17.4. The van der Waals surface area contributed by atoms with Crippen molar-refractivity contribution in [1.82, 2.24) is 10.2 Å². The molecular formula is C27H35BrN2O6. The minimum absolute atomic E-state index is 0.0552. The summed E-state index contributed by atoms with van der Waals surface area (Å²) >= 11 is 3.67. The average molecular weight is 563 g/mol. The standard InChI is InChI=1S/C27H35BrN2O6/c1-2-35-26(34)20-21-25(33)30(18(15-31)13-16-9-5-3-6-10-16)23(27(21)14-19(28)22(20)36-27)24(32)29-17-11-7-4-8-12-17/h3,5-6,9-10,17-23,31H,2,4,7-8,11-15H2,1H3,(H,29,32)/t18-,19?,20+,21+,22+,23?,27?/m1/s1. The number of alkyl halides is 1. The molecule has 3 unspecified atom stereocenters. The fourth-order valence-corrected chi connectivity index (χ4v) is 7.87. The van der Waals surface area contributed by atoms with E-state index >= 15 is 0 Å². The van der Waals surface area contributed by atoms with Crippen molar-refractivity contribution in [2.75, 3.05) is 13.2 Å². The quantitative estimate of drug-likeness (QED) is 0.372. The van der Waals surface area contributed by atoms with Crippen molar-refractivity contribution in [2.24, 2.45) is 11.8 Å². The first-order valence-electron chi connectivity index (χ1n) is 13.2. The number of fused-ring (bicyclic) bond motifs is 1. The number of amides is 2. The van der Waals surface area contributed by atoms with Gasteiger partial charge in [0, 0.05) is 10.9 Å². The van der Waals surface area contributed by atoms with E-state index in [0.29, 0.717) is 12.8 Å². The van der Waals surface area contributed by atoms with Gasteiger partial charge in [0.15, 0.2) is 0 Å². The van der Waals surface area contributed by atoms with Gasteiger partial charge in [-0.1, -0.05) is 65.5 Å². The van der Waals surface area contributed by atoms with Crippen LogP contribution in [0.15, 0.2) is 30.3 Å². The number of carbonyl (C=O) groups is 3. The van der Waals surface area contributed by atoms with Crippen LogP contribution in [0, 0.1) is 11.8 Å². The maximum Gasteiger partial charge on any atom is 0.312 e. The number of esters is 1. The lowest BCUT2D eigenvalue weighted by molar-refractivity contribution is -0.155. The third-order valence-corrected chi connectivity index (χ3v) is 9.25. The Kier molecular flexibility index (Phi) is 7.43. The molecule has 1 saturated carbocycles. The van der Waals surface area contributed by atoms with E-state index in [9.17, 15) is 19.5 Å². The van der Waals surface area contributed by atoms with Gasteiger partial charge in [-0.05, 0) is 38.2 Å². The number of benzene rings is 1. The summed E-state index contributed by atoms with van der Waals surface area (Å²) in [5.74, 6) is -2.64. The van der Waals surface area contributed by atoms with Gasteiger partial charge in [0.25, 0.3) is 0 Å². The van der Waals surface area contributed by atoms with Crippen LogP contribution in [0.3, 0.4) is 0 Å². The van der Waals surface area contributed by atoms with E-state index < -0.39 is 41.6 Å². The summed E-state index contributed by atoms with van der Waals surface area (Å²) in [7, 11) is 0. The zero-order valence-electron chi connectivity index (χ0n) is 20.6. The number of nitrogens with one attached hydrogen (secondary N) is 1. The molecule has 2 amide bonds. The number of carbonyl (C=O) groups excluding carboxylic acids is 3. The molecule has 1 aromatic rings. The molecule has 2 bridgehead atoms. The summed E-state index contributed by atoms with van der Waals surface area (Å²) in [4.78, 5) is 42.5. The third-order valence-electron chi connectivity index (χ3n) is 8.40. The van der Waals surface area contributed by atoms with Crippen LogP contribution in [0.5, 0.6) is 0 Å². The number of ether oxygens (including phenoxy) is 2. The molecular weight excluding hydrogens is 528 g/mol. The van der Waals surface area contributed by atoms with Crippen LogP contribution in [0.1, 0.15) is 51.0 Å². The molecule has 1 spiro atoms. The van der Waals surface area contributed by atoms with Crippen molar-refractivity contribution in [2.45, 2.75) is 86.5 Å². The smallest absolute Gasteiger partial charge is 0.312 e. The van der Waals surface area contributed by atoms with Gasteiger partial charge in [0.05, 0.1) is 37.2 Å². The Labute approximate surface area is 220 Å². The Bertz CT molecular complexity index is 986. The van der Waals surface area contributed by atoms with Crippen molar-refractivity contribution in [3.05, 3.63) is 35.9 Å². The predicted octanol–water partition coefficient (Wildman–Crippen LogP) is 2.35. The summed E-state index contributed by atoms with van der Waals surface area (Å²) in [6.45, 7) is 1.63. The van der Waals surface area contributed by atoms with E-state index in [0.717, 1.165) is 37.7 Å². The fourth-order valence-electron chi connectivity index (χ4n) is 6.93. The van der Waals surface area contributed by atoms with Gasteiger partial charge in [-0.25, -0.2) is 0 Å². The number of hydrogen-bond acceptors (Lipinski definition) is 6. The predicted molar refractivity (Wildman–Crippen MR) is 135 cm³/mol. The molecule has 7 atom stereocenters. The van der Waals surface area contributed by atoms with Gasteiger partial charge in [-0.3, -0.25) is 14.4 Å². The van der Waals surface area contributed by atoms with Crippen LogP contribution in [-0.2, 0) is 30.3 Å². The molecule has 8 nitrogen and oxygen atoms in total. The van der Waals surface area contributed by atoms with Gasteiger partial charge >= 0.3 is 5.97 Å².